The van der Waals surface area contributed by atoms with Gasteiger partial charge in [0.15, 0.2) is 0 Å². The fourth-order valence-electron chi connectivity index (χ4n) is 1.82. The number of carboxylic acids is 1. The molecule has 0 amide bonds. The van der Waals surface area contributed by atoms with E-state index in [2.05, 4.69) is 0 Å². The fraction of sp³-hybridized carbons (Fsp3) is 0.188. The van der Waals surface area contributed by atoms with Crippen LogP contribution in [0.4, 0.5) is 0 Å². The largest absolute Gasteiger partial charge is 0.497 e. The smallest absolute Gasteiger partial charge is 0.317 e. The first kappa shape index (κ1) is 14.5. The third kappa shape index (κ3) is 4.03. The van der Waals surface area contributed by atoms with E-state index >= 15 is 0 Å². The summed E-state index contributed by atoms with van der Waals surface area (Å²) >= 11 is 1.37. The average Bonchev–Trinajstić information content (AvgIpc) is 2.48. The Morgan fingerprint density at radius 2 is 1.80 bits per heavy atom. The molecule has 1 N–H and O–H groups in total. The second-order valence-electron chi connectivity index (χ2n) is 4.31. The van der Waals surface area contributed by atoms with E-state index in [-0.39, 0.29) is 0 Å². The zero-order valence-electron chi connectivity index (χ0n) is 11.2. The Labute approximate surface area is 122 Å². The highest BCUT2D eigenvalue weighted by molar-refractivity contribution is 8.00. The molecule has 20 heavy (non-hydrogen) atoms. The van der Waals surface area contributed by atoms with Gasteiger partial charge in [-0.25, -0.2) is 0 Å². The summed E-state index contributed by atoms with van der Waals surface area (Å²) in [5.74, 6) is -0.0222. The van der Waals surface area contributed by atoms with Crippen LogP contribution < -0.4 is 4.74 Å². The Morgan fingerprint density at radius 1 is 1.15 bits per heavy atom. The number of carbonyl (C=O) groups is 1. The van der Waals surface area contributed by atoms with Crippen molar-refractivity contribution in [3.8, 4) is 5.75 Å². The summed E-state index contributed by atoms with van der Waals surface area (Å²) < 4.78 is 5.10. The van der Waals surface area contributed by atoms with Gasteiger partial charge in [0.05, 0.1) is 7.11 Å². The minimum atomic E-state index is -0.797. The van der Waals surface area contributed by atoms with Crippen molar-refractivity contribution in [2.24, 2.45) is 0 Å². The molecule has 0 aliphatic carbocycles. The average molecular weight is 288 g/mol. The molecular formula is C16H16O3S. The van der Waals surface area contributed by atoms with E-state index in [1.165, 1.54) is 11.8 Å². The quantitative estimate of drug-likeness (QED) is 0.827. The second-order valence-corrected chi connectivity index (χ2v) is 5.59. The summed E-state index contributed by atoms with van der Waals surface area (Å²) in [5, 5.41) is 8.86. The minimum Gasteiger partial charge on any atom is -0.497 e. The van der Waals surface area contributed by atoms with Gasteiger partial charge in [-0.05, 0) is 36.2 Å². The molecular weight excluding hydrogens is 272 g/mol. The van der Waals surface area contributed by atoms with E-state index in [1.807, 2.05) is 54.6 Å². The first-order chi connectivity index (χ1) is 9.69. The maximum Gasteiger partial charge on any atom is 0.317 e. The molecule has 0 unspecified atom stereocenters. The summed E-state index contributed by atoms with van der Waals surface area (Å²) in [7, 11) is 1.61. The SMILES string of the molecule is COc1ccc(C[C@H](Sc2ccccc2)C(=O)O)cc1. The van der Waals surface area contributed by atoms with Gasteiger partial charge in [-0.1, -0.05) is 30.3 Å². The highest BCUT2D eigenvalue weighted by Crippen LogP contribution is 2.26. The lowest BCUT2D eigenvalue weighted by molar-refractivity contribution is -0.136. The van der Waals surface area contributed by atoms with Crippen molar-refractivity contribution in [1.82, 2.24) is 0 Å². The maximum absolute atomic E-state index is 11.4. The molecule has 3 nitrogen and oxygen atoms in total. The Balaban J connectivity index is 2.07. The minimum absolute atomic E-state index is 0.485. The molecule has 104 valence electrons. The van der Waals surface area contributed by atoms with E-state index in [0.717, 1.165) is 16.2 Å². The number of carboxylic acid groups (broad SMARTS) is 1. The molecule has 2 aromatic rings. The summed E-state index contributed by atoms with van der Waals surface area (Å²) in [6.07, 6.45) is 0.485. The van der Waals surface area contributed by atoms with Crippen molar-refractivity contribution in [2.75, 3.05) is 7.11 Å². The van der Waals surface area contributed by atoms with Gasteiger partial charge in [0.1, 0.15) is 11.0 Å². The lowest BCUT2D eigenvalue weighted by Crippen LogP contribution is -2.19. The van der Waals surface area contributed by atoms with Gasteiger partial charge in [0, 0.05) is 4.90 Å². The predicted octanol–water partition coefficient (Wildman–Crippen LogP) is 3.48. The lowest BCUT2D eigenvalue weighted by atomic mass is 10.1. The monoisotopic (exact) mass is 288 g/mol. The summed E-state index contributed by atoms with van der Waals surface area (Å²) in [5.41, 5.74) is 0.988. The normalized spacial score (nSPS) is 11.8. The first-order valence-electron chi connectivity index (χ1n) is 6.26. The van der Waals surface area contributed by atoms with Crippen LogP contribution in [0.1, 0.15) is 5.56 Å². The number of benzene rings is 2. The summed E-state index contributed by atoms with van der Waals surface area (Å²) in [4.78, 5) is 12.4. The topological polar surface area (TPSA) is 46.5 Å². The molecule has 4 heteroatoms. The molecule has 0 saturated heterocycles. The summed E-state index contributed by atoms with van der Waals surface area (Å²) in [6.45, 7) is 0. The molecule has 1 atom stereocenters. The van der Waals surface area contributed by atoms with Crippen molar-refractivity contribution in [3.05, 3.63) is 60.2 Å². The number of thioether (sulfide) groups is 1. The van der Waals surface area contributed by atoms with Crippen LogP contribution in [0, 0.1) is 0 Å². The molecule has 0 heterocycles. The standard InChI is InChI=1S/C16H16O3S/c1-19-13-9-7-12(8-10-13)11-15(16(17)18)20-14-5-3-2-4-6-14/h2-10,15H,11H2,1H3,(H,17,18)/t15-/m0/s1. The lowest BCUT2D eigenvalue weighted by Gasteiger charge is -2.12. The van der Waals surface area contributed by atoms with Crippen LogP contribution >= 0.6 is 11.8 Å². The van der Waals surface area contributed by atoms with Gasteiger partial charge < -0.3 is 9.84 Å². The van der Waals surface area contributed by atoms with Crippen LogP contribution in [0.3, 0.4) is 0 Å². The third-order valence-electron chi connectivity index (χ3n) is 2.88. The highest BCUT2D eigenvalue weighted by atomic mass is 32.2. The molecule has 0 spiro atoms. The van der Waals surface area contributed by atoms with Crippen molar-refractivity contribution < 1.29 is 14.6 Å². The molecule has 2 rings (SSSR count). The third-order valence-corrected chi connectivity index (χ3v) is 4.07. The second kappa shape index (κ2) is 7.01. The van der Waals surface area contributed by atoms with Gasteiger partial charge in [-0.3, -0.25) is 4.79 Å². The maximum atomic E-state index is 11.4. The van der Waals surface area contributed by atoms with Gasteiger partial charge in [0.25, 0.3) is 0 Å². The molecule has 0 fully saturated rings. The molecule has 2 aromatic carbocycles. The van der Waals surface area contributed by atoms with Crippen LogP contribution in [0.25, 0.3) is 0 Å². The number of methoxy groups -OCH3 is 1. The predicted molar refractivity (Wildman–Crippen MR) is 80.4 cm³/mol. The Morgan fingerprint density at radius 3 is 2.35 bits per heavy atom. The molecule has 0 aliphatic heterocycles. The van der Waals surface area contributed by atoms with Gasteiger partial charge in [-0.2, -0.15) is 0 Å². The van der Waals surface area contributed by atoms with Crippen molar-refractivity contribution >= 4 is 17.7 Å². The first-order valence-corrected chi connectivity index (χ1v) is 7.14. The number of hydrogen-bond acceptors (Lipinski definition) is 3. The van der Waals surface area contributed by atoms with Crippen LogP contribution in [0.15, 0.2) is 59.5 Å². The van der Waals surface area contributed by atoms with Gasteiger partial charge in [0.2, 0.25) is 0 Å². The van der Waals surface area contributed by atoms with Crippen LogP contribution in [0.5, 0.6) is 5.75 Å². The van der Waals surface area contributed by atoms with E-state index in [9.17, 15) is 9.90 Å². The van der Waals surface area contributed by atoms with Gasteiger partial charge >= 0.3 is 5.97 Å². The number of ether oxygens (including phenoxy) is 1. The highest BCUT2D eigenvalue weighted by Gasteiger charge is 2.19. The Bertz CT molecular complexity index is 552. The molecule has 0 radical (unpaired) electrons. The zero-order valence-corrected chi connectivity index (χ0v) is 12.0. The van der Waals surface area contributed by atoms with E-state index in [0.29, 0.717) is 6.42 Å². The Kier molecular flexibility index (Phi) is 5.07. The molecule has 0 saturated carbocycles. The molecule has 0 bridgehead atoms. The molecule has 0 aromatic heterocycles. The van der Waals surface area contributed by atoms with Crippen molar-refractivity contribution in [1.29, 1.82) is 0 Å². The van der Waals surface area contributed by atoms with Crippen LogP contribution in [0.2, 0.25) is 0 Å². The van der Waals surface area contributed by atoms with E-state index < -0.39 is 11.2 Å². The number of rotatable bonds is 6. The number of hydrogen-bond donors (Lipinski definition) is 1. The zero-order chi connectivity index (χ0) is 14.4. The molecule has 0 aliphatic rings. The van der Waals surface area contributed by atoms with Crippen molar-refractivity contribution in [2.45, 2.75) is 16.6 Å². The van der Waals surface area contributed by atoms with E-state index in [1.54, 1.807) is 7.11 Å². The number of aliphatic carboxylic acids is 1. The Hall–Kier alpha value is -1.94. The summed E-state index contributed by atoms with van der Waals surface area (Å²) in [6, 6.07) is 17.1. The van der Waals surface area contributed by atoms with Crippen molar-refractivity contribution in [3.63, 3.8) is 0 Å². The van der Waals surface area contributed by atoms with Gasteiger partial charge in [-0.15, -0.1) is 11.8 Å². The van der Waals surface area contributed by atoms with Crippen LogP contribution in [-0.2, 0) is 11.2 Å². The fourth-order valence-corrected chi connectivity index (χ4v) is 2.84. The van der Waals surface area contributed by atoms with E-state index in [4.69, 9.17) is 4.74 Å². The van der Waals surface area contributed by atoms with Crippen LogP contribution in [-0.4, -0.2) is 23.4 Å².